The fraction of sp³-hybridized carbons (Fsp3) is 0.500. The summed E-state index contributed by atoms with van der Waals surface area (Å²) >= 11 is 0. The van der Waals surface area contributed by atoms with Gasteiger partial charge in [-0.2, -0.15) is 5.06 Å². The molecule has 82 valence electrons. The standard InChI is InChI=1S/C12H18NOP/c15-12(11-7-3-1-4-8-11)14-13-9-5-2-6-10-13/h1,3-4,7-8,12H,2,5-6,9-10,15H2. The highest BCUT2D eigenvalue weighted by molar-refractivity contribution is 7.16. The summed E-state index contributed by atoms with van der Waals surface area (Å²) in [6, 6.07) is 10.3. The zero-order valence-corrected chi connectivity index (χ0v) is 10.1. The van der Waals surface area contributed by atoms with Crippen molar-refractivity contribution in [1.29, 1.82) is 0 Å². The zero-order chi connectivity index (χ0) is 10.5. The second-order valence-electron chi connectivity index (χ2n) is 3.93. The van der Waals surface area contributed by atoms with E-state index in [9.17, 15) is 0 Å². The fourth-order valence-electron chi connectivity index (χ4n) is 1.83. The summed E-state index contributed by atoms with van der Waals surface area (Å²) in [7, 11) is 2.76. The first-order chi connectivity index (χ1) is 7.36. The van der Waals surface area contributed by atoms with E-state index in [4.69, 9.17) is 4.84 Å². The summed E-state index contributed by atoms with van der Waals surface area (Å²) in [5.41, 5.74) is 1.22. The van der Waals surface area contributed by atoms with E-state index >= 15 is 0 Å². The molecule has 1 aromatic carbocycles. The van der Waals surface area contributed by atoms with Gasteiger partial charge in [0.2, 0.25) is 0 Å². The van der Waals surface area contributed by atoms with Gasteiger partial charge in [-0.1, -0.05) is 46.0 Å². The van der Waals surface area contributed by atoms with Crippen molar-refractivity contribution in [3.63, 3.8) is 0 Å². The molecule has 0 bridgehead atoms. The van der Waals surface area contributed by atoms with E-state index in [1.807, 2.05) is 18.2 Å². The molecule has 2 nitrogen and oxygen atoms in total. The lowest BCUT2D eigenvalue weighted by molar-refractivity contribution is -0.182. The number of piperidine rings is 1. The zero-order valence-electron chi connectivity index (χ0n) is 8.93. The molecule has 1 heterocycles. The predicted molar refractivity (Wildman–Crippen MR) is 65.4 cm³/mol. The normalized spacial score (nSPS) is 20.1. The van der Waals surface area contributed by atoms with E-state index < -0.39 is 0 Å². The van der Waals surface area contributed by atoms with E-state index in [0.29, 0.717) is 0 Å². The Morgan fingerprint density at radius 1 is 1.07 bits per heavy atom. The number of rotatable bonds is 3. The Labute approximate surface area is 93.8 Å². The molecule has 0 amide bonds. The van der Waals surface area contributed by atoms with Crippen LogP contribution in [-0.4, -0.2) is 18.2 Å². The van der Waals surface area contributed by atoms with Crippen molar-refractivity contribution in [1.82, 2.24) is 5.06 Å². The van der Waals surface area contributed by atoms with Crippen LogP contribution in [0.15, 0.2) is 30.3 Å². The number of benzene rings is 1. The fourth-order valence-corrected chi connectivity index (χ4v) is 2.23. The van der Waals surface area contributed by atoms with Crippen molar-refractivity contribution in [3.8, 4) is 0 Å². The highest BCUT2D eigenvalue weighted by Crippen LogP contribution is 2.26. The summed E-state index contributed by atoms with van der Waals surface area (Å²) in [4.78, 5) is 5.87. The third-order valence-corrected chi connectivity index (χ3v) is 3.21. The van der Waals surface area contributed by atoms with Gasteiger partial charge in [-0.15, -0.1) is 0 Å². The molecular formula is C12H18NOP. The Morgan fingerprint density at radius 3 is 2.40 bits per heavy atom. The van der Waals surface area contributed by atoms with Gasteiger partial charge in [0.25, 0.3) is 0 Å². The van der Waals surface area contributed by atoms with Gasteiger partial charge in [0, 0.05) is 13.1 Å². The second-order valence-corrected chi connectivity index (χ2v) is 4.53. The van der Waals surface area contributed by atoms with Crippen LogP contribution in [0.4, 0.5) is 0 Å². The van der Waals surface area contributed by atoms with Crippen LogP contribution in [0, 0.1) is 0 Å². The first-order valence-electron chi connectivity index (χ1n) is 5.58. The molecule has 3 heteroatoms. The van der Waals surface area contributed by atoms with Crippen LogP contribution in [0.5, 0.6) is 0 Å². The molecule has 2 rings (SSSR count). The van der Waals surface area contributed by atoms with E-state index in [2.05, 4.69) is 26.4 Å². The Hall–Kier alpha value is -0.430. The first-order valence-corrected chi connectivity index (χ1v) is 6.25. The third kappa shape index (κ3) is 3.27. The molecule has 0 spiro atoms. The minimum atomic E-state index is 0.0873. The van der Waals surface area contributed by atoms with Crippen LogP contribution < -0.4 is 0 Å². The second kappa shape index (κ2) is 5.60. The van der Waals surface area contributed by atoms with Crippen molar-refractivity contribution in [2.24, 2.45) is 0 Å². The molecule has 2 atom stereocenters. The van der Waals surface area contributed by atoms with Crippen molar-refractivity contribution in [2.45, 2.75) is 25.1 Å². The van der Waals surface area contributed by atoms with Crippen molar-refractivity contribution in [3.05, 3.63) is 35.9 Å². The number of hydrogen-bond acceptors (Lipinski definition) is 2. The van der Waals surface area contributed by atoms with Crippen LogP contribution in [0.1, 0.15) is 30.7 Å². The monoisotopic (exact) mass is 223 g/mol. The quantitative estimate of drug-likeness (QED) is 0.730. The van der Waals surface area contributed by atoms with Gasteiger partial charge in [-0.05, 0) is 18.4 Å². The molecule has 1 saturated heterocycles. The van der Waals surface area contributed by atoms with E-state index in [0.717, 1.165) is 13.1 Å². The summed E-state index contributed by atoms with van der Waals surface area (Å²) in [5.74, 6) is 0.0873. The van der Waals surface area contributed by atoms with Gasteiger partial charge in [0.1, 0.15) is 5.85 Å². The highest BCUT2D eigenvalue weighted by atomic mass is 31.0. The Bertz CT molecular complexity index is 285. The van der Waals surface area contributed by atoms with Crippen LogP contribution in [-0.2, 0) is 4.84 Å². The molecule has 0 N–H and O–H groups in total. The molecule has 0 aromatic heterocycles. The third-order valence-electron chi connectivity index (χ3n) is 2.71. The molecule has 0 aliphatic carbocycles. The molecule has 1 aromatic rings. The van der Waals surface area contributed by atoms with Crippen molar-refractivity contribution >= 4 is 9.24 Å². The van der Waals surface area contributed by atoms with Gasteiger partial charge >= 0.3 is 0 Å². The summed E-state index contributed by atoms with van der Waals surface area (Å²) in [6.45, 7) is 2.13. The smallest absolute Gasteiger partial charge is 0.117 e. The molecule has 2 unspecified atom stereocenters. The molecular weight excluding hydrogens is 205 g/mol. The maximum atomic E-state index is 5.87. The van der Waals surface area contributed by atoms with E-state index in [-0.39, 0.29) is 5.85 Å². The van der Waals surface area contributed by atoms with Gasteiger partial charge in [0.15, 0.2) is 0 Å². The SMILES string of the molecule is PC(ON1CCCCC1)c1ccccc1. The molecule has 1 aliphatic heterocycles. The maximum Gasteiger partial charge on any atom is 0.117 e. The van der Waals surface area contributed by atoms with Gasteiger partial charge in [0.05, 0.1) is 0 Å². The minimum absolute atomic E-state index is 0.0873. The Balaban J connectivity index is 1.88. The maximum absolute atomic E-state index is 5.87. The molecule has 1 fully saturated rings. The topological polar surface area (TPSA) is 12.5 Å². The lowest BCUT2D eigenvalue weighted by Gasteiger charge is -2.28. The average molecular weight is 223 g/mol. The van der Waals surface area contributed by atoms with E-state index in [1.165, 1.54) is 24.8 Å². The summed E-state index contributed by atoms with van der Waals surface area (Å²) in [6.07, 6.45) is 3.85. The number of hydroxylamine groups is 2. The van der Waals surface area contributed by atoms with Gasteiger partial charge in [-0.25, -0.2) is 0 Å². The van der Waals surface area contributed by atoms with Crippen LogP contribution in [0.3, 0.4) is 0 Å². The Morgan fingerprint density at radius 2 is 1.73 bits per heavy atom. The van der Waals surface area contributed by atoms with Crippen LogP contribution in [0.25, 0.3) is 0 Å². The highest BCUT2D eigenvalue weighted by Gasteiger charge is 2.14. The Kier molecular flexibility index (Phi) is 4.13. The van der Waals surface area contributed by atoms with Gasteiger partial charge in [-0.3, -0.25) is 4.84 Å². The molecule has 0 radical (unpaired) electrons. The summed E-state index contributed by atoms with van der Waals surface area (Å²) in [5, 5.41) is 2.09. The lowest BCUT2D eigenvalue weighted by atomic mass is 10.2. The predicted octanol–water partition coefficient (Wildman–Crippen LogP) is 2.98. The average Bonchev–Trinajstić information content (AvgIpc) is 2.31. The van der Waals surface area contributed by atoms with Crippen molar-refractivity contribution < 1.29 is 4.84 Å². The van der Waals surface area contributed by atoms with Crippen LogP contribution in [0.2, 0.25) is 0 Å². The largest absolute Gasteiger partial charge is 0.287 e. The minimum Gasteiger partial charge on any atom is -0.287 e. The van der Waals surface area contributed by atoms with Crippen molar-refractivity contribution in [2.75, 3.05) is 13.1 Å². The molecule has 0 saturated carbocycles. The number of hydrogen-bond donors (Lipinski definition) is 0. The number of nitrogens with zero attached hydrogens (tertiary/aromatic N) is 1. The van der Waals surface area contributed by atoms with E-state index in [1.54, 1.807) is 0 Å². The van der Waals surface area contributed by atoms with Crippen LogP contribution >= 0.6 is 9.24 Å². The molecule has 15 heavy (non-hydrogen) atoms. The molecule has 1 aliphatic rings. The first kappa shape index (κ1) is 11.1. The lowest BCUT2D eigenvalue weighted by Crippen LogP contribution is -2.30. The van der Waals surface area contributed by atoms with Gasteiger partial charge < -0.3 is 0 Å². The summed E-state index contributed by atoms with van der Waals surface area (Å²) < 4.78 is 0.